The zero-order chi connectivity index (χ0) is 28.7. The molecule has 1 aliphatic rings. The van der Waals surface area contributed by atoms with E-state index in [0.717, 1.165) is 23.9 Å². The summed E-state index contributed by atoms with van der Waals surface area (Å²) in [5, 5.41) is 9.49. The molecule has 0 saturated carbocycles. The van der Waals surface area contributed by atoms with E-state index >= 15 is 0 Å². The summed E-state index contributed by atoms with van der Waals surface area (Å²) in [5.74, 6) is 1.39. The molecule has 1 aliphatic heterocycles. The van der Waals surface area contributed by atoms with Gasteiger partial charge in [-0.3, -0.25) is 4.79 Å². The van der Waals surface area contributed by atoms with Gasteiger partial charge in [0.05, 0.1) is 23.6 Å². The van der Waals surface area contributed by atoms with Crippen molar-refractivity contribution in [2.45, 2.75) is 70.2 Å². The zero-order valence-corrected chi connectivity index (χ0v) is 23.8. The molecular weight excluding hydrogens is 538 g/mol. The number of benzene rings is 1. The third kappa shape index (κ3) is 7.00. The minimum atomic E-state index is -3.63. The summed E-state index contributed by atoms with van der Waals surface area (Å²) < 4.78 is 35.4. The molecule has 3 heterocycles. The summed E-state index contributed by atoms with van der Waals surface area (Å²) in [4.78, 5) is 35.2. The molecule has 1 saturated heterocycles. The summed E-state index contributed by atoms with van der Waals surface area (Å²) in [6.07, 6.45) is 6.86. The van der Waals surface area contributed by atoms with Crippen LogP contribution in [0.4, 0.5) is 0 Å². The van der Waals surface area contributed by atoms with Crippen LogP contribution in [0.5, 0.6) is 5.75 Å². The first kappa shape index (κ1) is 29.5. The van der Waals surface area contributed by atoms with Crippen LogP contribution in [0, 0.1) is 16.0 Å². The molecule has 0 spiro atoms. The topological polar surface area (TPSA) is 150 Å². The van der Waals surface area contributed by atoms with Gasteiger partial charge in [-0.05, 0) is 74.8 Å². The minimum Gasteiger partial charge on any atom is -0.494 e. The number of aromatic amines is 1. The van der Waals surface area contributed by atoms with Crippen molar-refractivity contribution in [3.8, 4) is 5.75 Å². The molecule has 0 bridgehead atoms. The number of ether oxygens (including phenoxy) is 1. The minimum absolute atomic E-state index is 0.0303. The van der Waals surface area contributed by atoms with E-state index < -0.39 is 15.1 Å². The molecule has 13 heteroatoms. The predicted molar refractivity (Wildman–Crippen MR) is 149 cm³/mol. The average Bonchev–Trinajstić information content (AvgIpc) is 3.29. The van der Waals surface area contributed by atoms with Crippen LogP contribution in [0.25, 0.3) is 11.0 Å². The van der Waals surface area contributed by atoms with Gasteiger partial charge in [-0.1, -0.05) is 13.3 Å². The van der Waals surface area contributed by atoms with Gasteiger partial charge in [0, 0.05) is 32.3 Å². The third-order valence-electron chi connectivity index (χ3n) is 7.29. The molecule has 218 valence electrons. The van der Waals surface area contributed by atoms with Crippen molar-refractivity contribution in [3.63, 3.8) is 0 Å². The summed E-state index contributed by atoms with van der Waals surface area (Å²) in [5.41, 5.74) is 2.35. The van der Waals surface area contributed by atoms with Crippen molar-refractivity contribution in [3.05, 3.63) is 62.3 Å². The molecule has 0 amide bonds. The van der Waals surface area contributed by atoms with E-state index in [1.807, 2.05) is 17.7 Å². The highest BCUT2D eigenvalue weighted by atomic mass is 32.2. The van der Waals surface area contributed by atoms with Gasteiger partial charge in [-0.25, -0.2) is 13.4 Å². The van der Waals surface area contributed by atoms with Crippen LogP contribution in [0.15, 0.2) is 40.2 Å². The largest absolute Gasteiger partial charge is 0.494 e. The molecule has 40 heavy (non-hydrogen) atoms. The second-order valence-corrected chi connectivity index (χ2v) is 12.0. The van der Waals surface area contributed by atoms with Crippen molar-refractivity contribution in [1.82, 2.24) is 18.8 Å². The average molecular weight is 576 g/mol. The Balaban J connectivity index is 1.28. The Morgan fingerprint density at radius 3 is 2.50 bits per heavy atom. The van der Waals surface area contributed by atoms with Gasteiger partial charge >= 0.3 is 0 Å². The Hall–Kier alpha value is -3.45. The first-order chi connectivity index (χ1) is 19.2. The Morgan fingerprint density at radius 1 is 1.12 bits per heavy atom. The lowest BCUT2D eigenvalue weighted by atomic mass is 9.95. The zero-order valence-electron chi connectivity index (χ0n) is 23.0. The molecule has 0 aliphatic carbocycles. The number of fused-ring (bicyclic) bond motifs is 1. The van der Waals surface area contributed by atoms with Crippen molar-refractivity contribution in [1.29, 1.82) is 0 Å². The number of aromatic nitrogens is 3. The van der Waals surface area contributed by atoms with Gasteiger partial charge < -0.3 is 19.1 Å². The summed E-state index contributed by atoms with van der Waals surface area (Å²) in [6, 6.07) is 6.38. The molecule has 2 aromatic heterocycles. The lowest BCUT2D eigenvalue weighted by molar-refractivity contribution is -0.758. The molecule has 12 nitrogen and oxygen atoms in total. The molecule has 0 atom stereocenters. The molecule has 0 radical (unpaired) electrons. The highest BCUT2D eigenvalue weighted by molar-refractivity contribution is 7.89. The summed E-state index contributed by atoms with van der Waals surface area (Å²) in [7, 11) is -3.63. The number of hydrogen-bond donors (Lipinski definition) is 1. The smallest absolute Gasteiger partial charge is 0.294 e. The van der Waals surface area contributed by atoms with Crippen LogP contribution in [0.2, 0.25) is 0 Å². The van der Waals surface area contributed by atoms with Crippen molar-refractivity contribution < 1.29 is 23.1 Å². The standard InChI is InChI=1S/C27H37N5O7S/c1-3-6-21-19-30(4-2)26-25(21)28-24(29-27(26)33)7-5-17-38-22-8-10-23(11-9-22)40(36,37)31-15-12-20(13-16-31)14-18-39-32(34)35/h8-11,19-20H,3-7,12-18H2,1-2H3,(H,28,29,33). The van der Waals surface area contributed by atoms with Gasteiger partial charge in [0.2, 0.25) is 10.0 Å². The summed E-state index contributed by atoms with van der Waals surface area (Å²) >= 11 is 0. The second-order valence-electron chi connectivity index (χ2n) is 10.0. The molecule has 4 rings (SSSR count). The van der Waals surface area contributed by atoms with Crippen LogP contribution >= 0.6 is 0 Å². The van der Waals surface area contributed by atoms with Crippen molar-refractivity contribution >= 4 is 21.1 Å². The quantitative estimate of drug-likeness (QED) is 0.174. The Kier molecular flexibility index (Phi) is 9.80. The van der Waals surface area contributed by atoms with Gasteiger partial charge in [0.1, 0.15) is 17.1 Å². The van der Waals surface area contributed by atoms with Crippen molar-refractivity contribution in [2.75, 3.05) is 26.3 Å². The lowest BCUT2D eigenvalue weighted by Gasteiger charge is -2.31. The molecule has 1 N–H and O–H groups in total. The molecule has 1 fully saturated rings. The molecular formula is C27H37N5O7S. The fourth-order valence-electron chi connectivity index (χ4n) is 5.16. The van der Waals surface area contributed by atoms with Crippen molar-refractivity contribution in [2.24, 2.45) is 5.92 Å². The van der Waals surface area contributed by atoms with E-state index in [2.05, 4.69) is 16.7 Å². The Labute approximate surface area is 233 Å². The van der Waals surface area contributed by atoms with E-state index in [-0.39, 0.29) is 23.0 Å². The van der Waals surface area contributed by atoms with Crippen LogP contribution in [-0.2, 0) is 34.2 Å². The monoisotopic (exact) mass is 575 g/mol. The Bertz CT molecular complexity index is 1460. The van der Waals surface area contributed by atoms with Gasteiger partial charge in [-0.15, -0.1) is 10.1 Å². The van der Waals surface area contributed by atoms with Crippen LogP contribution in [0.3, 0.4) is 0 Å². The first-order valence-corrected chi connectivity index (χ1v) is 15.3. The SMILES string of the molecule is CCCc1cn(CC)c2c(=O)[nH]c(CCCOc3ccc(S(=O)(=O)N4CCC(CCO[N+](=O)[O-])CC4)cc3)nc12. The predicted octanol–water partition coefficient (Wildman–Crippen LogP) is 3.71. The van der Waals surface area contributed by atoms with Gasteiger partial charge in [-0.2, -0.15) is 4.31 Å². The third-order valence-corrected chi connectivity index (χ3v) is 9.20. The van der Waals surface area contributed by atoms with E-state index in [1.165, 1.54) is 4.31 Å². The van der Waals surface area contributed by atoms with E-state index in [1.54, 1.807) is 24.3 Å². The van der Waals surface area contributed by atoms with Crippen LogP contribution < -0.4 is 10.3 Å². The lowest BCUT2D eigenvalue weighted by Crippen LogP contribution is -2.38. The number of aryl methyl sites for hydroxylation is 3. The number of nitrogens with zero attached hydrogens (tertiary/aromatic N) is 4. The number of hydrogen-bond acceptors (Lipinski definition) is 8. The maximum atomic E-state index is 13.1. The Morgan fingerprint density at radius 2 is 1.85 bits per heavy atom. The van der Waals surface area contributed by atoms with E-state index in [4.69, 9.17) is 9.72 Å². The summed E-state index contributed by atoms with van der Waals surface area (Å²) in [6.45, 7) is 5.98. The van der Waals surface area contributed by atoms with Gasteiger partial charge in [0.15, 0.2) is 0 Å². The number of nitrogens with one attached hydrogen (secondary N) is 1. The number of rotatable bonds is 14. The fraction of sp³-hybridized carbons (Fsp3) is 0.556. The van der Waals surface area contributed by atoms with E-state index in [0.29, 0.717) is 75.4 Å². The molecule has 3 aromatic rings. The highest BCUT2D eigenvalue weighted by Crippen LogP contribution is 2.27. The molecule has 0 unspecified atom stereocenters. The maximum Gasteiger partial charge on any atom is 0.294 e. The first-order valence-electron chi connectivity index (χ1n) is 13.8. The number of piperidine rings is 1. The van der Waals surface area contributed by atoms with Crippen LogP contribution in [0.1, 0.15) is 57.3 Å². The molecule has 1 aromatic carbocycles. The number of H-pyrrole nitrogens is 1. The normalized spacial score (nSPS) is 14.9. The van der Waals surface area contributed by atoms with Gasteiger partial charge in [0.25, 0.3) is 10.6 Å². The van der Waals surface area contributed by atoms with Crippen LogP contribution in [-0.4, -0.2) is 58.6 Å². The maximum absolute atomic E-state index is 13.1. The second kappa shape index (κ2) is 13.3. The van der Waals surface area contributed by atoms with E-state index in [9.17, 15) is 23.3 Å². The number of sulfonamides is 1. The highest BCUT2D eigenvalue weighted by Gasteiger charge is 2.29. The fourth-order valence-corrected chi connectivity index (χ4v) is 6.63.